The zero-order valence-corrected chi connectivity index (χ0v) is 12.8. The van der Waals surface area contributed by atoms with Crippen molar-refractivity contribution < 1.29 is 9.47 Å². The van der Waals surface area contributed by atoms with E-state index in [4.69, 9.17) is 9.47 Å². The third kappa shape index (κ3) is 3.19. The number of rotatable bonds is 7. The normalized spacial score (nSPS) is 10.3. The maximum atomic E-state index is 5.64. The van der Waals surface area contributed by atoms with E-state index in [2.05, 4.69) is 14.1 Å². The summed E-state index contributed by atoms with van der Waals surface area (Å²) in [4.78, 5) is 0. The number of nitrogens with zero attached hydrogens (tertiary/aromatic N) is 2. The minimum Gasteiger partial charge on any atom is -0.490 e. The molecule has 0 atom stereocenters. The third-order valence-corrected chi connectivity index (χ3v) is 3.18. The Morgan fingerprint density at radius 1 is 1.05 bits per heavy atom. The van der Waals surface area contributed by atoms with Crippen LogP contribution in [0, 0.1) is 0 Å². The van der Waals surface area contributed by atoms with E-state index in [0.29, 0.717) is 13.2 Å². The maximum absolute atomic E-state index is 5.64. The molecule has 5 nitrogen and oxygen atoms in total. The molecule has 108 valence electrons. The van der Waals surface area contributed by atoms with Crippen LogP contribution in [0.5, 0.6) is 11.5 Å². The van der Waals surface area contributed by atoms with E-state index >= 15 is 0 Å². The van der Waals surface area contributed by atoms with Crippen molar-refractivity contribution >= 4 is 17.5 Å². The summed E-state index contributed by atoms with van der Waals surface area (Å²) in [5.74, 6) is 2.30. The van der Waals surface area contributed by atoms with Gasteiger partial charge in [0.1, 0.15) is 5.69 Å². The van der Waals surface area contributed by atoms with Gasteiger partial charge in [0.2, 0.25) is 0 Å². The summed E-state index contributed by atoms with van der Waals surface area (Å²) in [6.07, 6.45) is 0. The molecule has 0 spiro atoms. The second-order valence-electron chi connectivity index (χ2n) is 4.02. The standard InChI is InChI=1S/C14H19N3O2S/c1-4-15-14-13(16-20-17-14)10-7-8-11(18-5-2)12(9-10)19-6-3/h7-9H,4-6H2,1-3H3,(H,15,17). The molecule has 20 heavy (non-hydrogen) atoms. The second-order valence-corrected chi connectivity index (χ2v) is 4.55. The number of anilines is 1. The Bertz CT molecular complexity index is 557. The molecular weight excluding hydrogens is 274 g/mol. The predicted molar refractivity (Wildman–Crippen MR) is 81.8 cm³/mol. The molecule has 1 N–H and O–H groups in total. The molecule has 0 aliphatic carbocycles. The Labute approximate surface area is 123 Å². The van der Waals surface area contributed by atoms with Gasteiger partial charge in [-0.1, -0.05) is 0 Å². The summed E-state index contributed by atoms with van der Waals surface area (Å²) in [5.41, 5.74) is 1.82. The molecule has 0 amide bonds. The zero-order valence-electron chi connectivity index (χ0n) is 12.0. The van der Waals surface area contributed by atoms with E-state index < -0.39 is 0 Å². The molecule has 1 aromatic carbocycles. The molecular formula is C14H19N3O2S. The fraction of sp³-hybridized carbons (Fsp3) is 0.429. The number of benzene rings is 1. The molecule has 1 heterocycles. The topological polar surface area (TPSA) is 56.3 Å². The van der Waals surface area contributed by atoms with Crippen molar-refractivity contribution in [3.8, 4) is 22.8 Å². The van der Waals surface area contributed by atoms with Crippen LogP contribution in [0.25, 0.3) is 11.3 Å². The maximum Gasteiger partial charge on any atom is 0.168 e. The van der Waals surface area contributed by atoms with E-state index in [1.54, 1.807) is 0 Å². The van der Waals surface area contributed by atoms with Crippen LogP contribution < -0.4 is 14.8 Å². The second kappa shape index (κ2) is 7.09. The van der Waals surface area contributed by atoms with Crippen molar-refractivity contribution in [1.82, 2.24) is 8.75 Å². The zero-order chi connectivity index (χ0) is 14.4. The van der Waals surface area contributed by atoms with Crippen LogP contribution in [0.1, 0.15) is 20.8 Å². The molecule has 0 unspecified atom stereocenters. The average Bonchev–Trinajstić information content (AvgIpc) is 2.90. The summed E-state index contributed by atoms with van der Waals surface area (Å²) in [7, 11) is 0. The van der Waals surface area contributed by atoms with Crippen molar-refractivity contribution in [2.45, 2.75) is 20.8 Å². The molecule has 0 aliphatic rings. The first-order valence-corrected chi connectivity index (χ1v) is 7.49. The van der Waals surface area contributed by atoms with Gasteiger partial charge in [0.15, 0.2) is 17.3 Å². The Morgan fingerprint density at radius 2 is 1.80 bits per heavy atom. The first-order chi connectivity index (χ1) is 9.80. The smallest absolute Gasteiger partial charge is 0.168 e. The van der Waals surface area contributed by atoms with Gasteiger partial charge in [0.25, 0.3) is 0 Å². The van der Waals surface area contributed by atoms with Crippen LogP contribution in [0.2, 0.25) is 0 Å². The van der Waals surface area contributed by atoms with Crippen molar-refractivity contribution in [2.75, 3.05) is 25.1 Å². The lowest BCUT2D eigenvalue weighted by Gasteiger charge is -2.12. The number of hydrogen-bond acceptors (Lipinski definition) is 6. The van der Waals surface area contributed by atoms with Gasteiger partial charge in [-0.05, 0) is 39.0 Å². The van der Waals surface area contributed by atoms with Crippen LogP contribution in [0.3, 0.4) is 0 Å². The van der Waals surface area contributed by atoms with E-state index in [1.807, 2.05) is 39.0 Å². The van der Waals surface area contributed by atoms with Crippen molar-refractivity contribution in [2.24, 2.45) is 0 Å². The SMILES string of the molecule is CCNc1nsnc1-c1ccc(OCC)c(OCC)c1. The van der Waals surface area contributed by atoms with E-state index in [9.17, 15) is 0 Å². The summed E-state index contributed by atoms with van der Waals surface area (Å²) in [6, 6.07) is 5.84. The molecule has 0 saturated heterocycles. The van der Waals surface area contributed by atoms with Crippen LogP contribution in [-0.2, 0) is 0 Å². The Hall–Kier alpha value is -1.82. The molecule has 0 saturated carbocycles. The van der Waals surface area contributed by atoms with Gasteiger partial charge in [0.05, 0.1) is 24.9 Å². The Balaban J connectivity index is 2.36. The third-order valence-electron chi connectivity index (χ3n) is 2.65. The number of hydrogen-bond donors (Lipinski definition) is 1. The molecule has 0 aliphatic heterocycles. The van der Waals surface area contributed by atoms with Crippen molar-refractivity contribution in [1.29, 1.82) is 0 Å². The van der Waals surface area contributed by atoms with E-state index in [-0.39, 0.29) is 0 Å². The monoisotopic (exact) mass is 293 g/mol. The first kappa shape index (κ1) is 14.6. The van der Waals surface area contributed by atoms with Crippen LogP contribution >= 0.6 is 11.7 Å². The highest BCUT2D eigenvalue weighted by molar-refractivity contribution is 6.99. The van der Waals surface area contributed by atoms with E-state index in [1.165, 1.54) is 11.7 Å². The van der Waals surface area contributed by atoms with Crippen molar-refractivity contribution in [3.63, 3.8) is 0 Å². The molecule has 2 aromatic rings. The van der Waals surface area contributed by atoms with Gasteiger partial charge in [-0.25, -0.2) is 0 Å². The molecule has 0 bridgehead atoms. The highest BCUT2D eigenvalue weighted by Gasteiger charge is 2.13. The van der Waals surface area contributed by atoms with Gasteiger partial charge in [0, 0.05) is 12.1 Å². The predicted octanol–water partition coefficient (Wildman–Crippen LogP) is 3.43. The quantitative estimate of drug-likeness (QED) is 0.847. The van der Waals surface area contributed by atoms with Gasteiger partial charge < -0.3 is 14.8 Å². The van der Waals surface area contributed by atoms with Gasteiger partial charge >= 0.3 is 0 Å². The summed E-state index contributed by atoms with van der Waals surface area (Å²) >= 11 is 1.20. The van der Waals surface area contributed by atoms with Crippen LogP contribution in [-0.4, -0.2) is 28.5 Å². The van der Waals surface area contributed by atoms with Gasteiger partial charge in [-0.3, -0.25) is 0 Å². The largest absolute Gasteiger partial charge is 0.490 e. The lowest BCUT2D eigenvalue weighted by atomic mass is 10.1. The molecule has 2 rings (SSSR count). The van der Waals surface area contributed by atoms with Gasteiger partial charge in [-0.15, -0.1) is 0 Å². The highest BCUT2D eigenvalue weighted by Crippen LogP contribution is 2.34. The summed E-state index contributed by atoms with van der Waals surface area (Å²) in [6.45, 7) is 7.97. The Morgan fingerprint density at radius 3 is 2.50 bits per heavy atom. The number of nitrogens with one attached hydrogen (secondary N) is 1. The molecule has 6 heteroatoms. The first-order valence-electron chi connectivity index (χ1n) is 6.76. The minimum absolute atomic E-state index is 0.596. The van der Waals surface area contributed by atoms with Crippen LogP contribution in [0.4, 0.5) is 5.82 Å². The number of aromatic nitrogens is 2. The average molecular weight is 293 g/mol. The lowest BCUT2D eigenvalue weighted by Crippen LogP contribution is -2.00. The fourth-order valence-electron chi connectivity index (χ4n) is 1.86. The lowest BCUT2D eigenvalue weighted by molar-refractivity contribution is 0.288. The molecule has 0 fully saturated rings. The summed E-state index contributed by atoms with van der Waals surface area (Å²) in [5, 5.41) is 3.21. The summed E-state index contributed by atoms with van der Waals surface area (Å²) < 4.78 is 19.8. The molecule has 1 aromatic heterocycles. The van der Waals surface area contributed by atoms with E-state index in [0.717, 1.165) is 35.1 Å². The van der Waals surface area contributed by atoms with Crippen LogP contribution in [0.15, 0.2) is 18.2 Å². The van der Waals surface area contributed by atoms with Crippen molar-refractivity contribution in [3.05, 3.63) is 18.2 Å². The molecule has 0 radical (unpaired) electrons. The fourth-order valence-corrected chi connectivity index (χ4v) is 2.41. The Kier molecular flexibility index (Phi) is 5.17. The number of ether oxygens (including phenoxy) is 2. The minimum atomic E-state index is 0.596. The van der Waals surface area contributed by atoms with Gasteiger partial charge in [-0.2, -0.15) is 8.75 Å². The highest BCUT2D eigenvalue weighted by atomic mass is 32.1.